The summed E-state index contributed by atoms with van der Waals surface area (Å²) in [6.45, 7) is 12.7. The Morgan fingerprint density at radius 2 is 1.78 bits per heavy atom. The van der Waals surface area contributed by atoms with Crippen molar-refractivity contribution >= 4 is 11.8 Å². The SMILES string of the molecule is CCC(Oc1ccc2c(c1)C(c1ccc(C)cc1)N(C(=O)CC(C)C)CC2)C(=O)NCCN1CCCC1. The van der Waals surface area contributed by atoms with Gasteiger partial charge in [-0.05, 0) is 80.4 Å². The fourth-order valence-electron chi connectivity index (χ4n) is 5.45. The number of nitrogens with zero attached hydrogens (tertiary/aromatic N) is 2. The normalized spacial score (nSPS) is 18.5. The second-order valence-electron chi connectivity index (χ2n) is 11.0. The van der Waals surface area contributed by atoms with Crippen LogP contribution in [0, 0.1) is 12.8 Å². The van der Waals surface area contributed by atoms with Crippen molar-refractivity contribution in [2.45, 2.75) is 71.9 Å². The fraction of sp³-hybridized carbons (Fsp3) is 0.548. The number of aryl methyl sites for hydroxylation is 1. The summed E-state index contributed by atoms with van der Waals surface area (Å²) < 4.78 is 6.25. The number of fused-ring (bicyclic) bond motifs is 1. The van der Waals surface area contributed by atoms with Crippen LogP contribution >= 0.6 is 0 Å². The zero-order valence-corrected chi connectivity index (χ0v) is 23.0. The Hall–Kier alpha value is -2.86. The van der Waals surface area contributed by atoms with Gasteiger partial charge in [0.25, 0.3) is 5.91 Å². The number of nitrogens with one attached hydrogen (secondary N) is 1. The van der Waals surface area contributed by atoms with Gasteiger partial charge in [-0.3, -0.25) is 9.59 Å². The first kappa shape index (κ1) is 27.2. The molecule has 2 aliphatic rings. The van der Waals surface area contributed by atoms with E-state index in [0.29, 0.717) is 37.6 Å². The Bertz CT molecular complexity index is 1060. The van der Waals surface area contributed by atoms with E-state index in [2.05, 4.69) is 67.4 Å². The van der Waals surface area contributed by atoms with Crippen LogP contribution in [0.15, 0.2) is 42.5 Å². The van der Waals surface area contributed by atoms with Gasteiger partial charge in [-0.1, -0.05) is 56.7 Å². The molecular weight excluding hydrogens is 462 g/mol. The Morgan fingerprint density at radius 1 is 1.05 bits per heavy atom. The molecule has 0 saturated carbocycles. The van der Waals surface area contributed by atoms with E-state index in [-0.39, 0.29) is 17.9 Å². The van der Waals surface area contributed by atoms with E-state index in [9.17, 15) is 9.59 Å². The lowest BCUT2D eigenvalue weighted by Crippen LogP contribution is -2.42. The van der Waals surface area contributed by atoms with Crippen molar-refractivity contribution in [2.24, 2.45) is 5.92 Å². The first-order valence-electron chi connectivity index (χ1n) is 14.0. The minimum Gasteiger partial charge on any atom is -0.481 e. The molecule has 200 valence electrons. The summed E-state index contributed by atoms with van der Waals surface area (Å²) in [5.74, 6) is 1.09. The van der Waals surface area contributed by atoms with Crippen molar-refractivity contribution in [3.63, 3.8) is 0 Å². The summed E-state index contributed by atoms with van der Waals surface area (Å²) >= 11 is 0. The van der Waals surface area contributed by atoms with Crippen LogP contribution in [0.25, 0.3) is 0 Å². The average Bonchev–Trinajstić information content (AvgIpc) is 3.40. The predicted octanol–water partition coefficient (Wildman–Crippen LogP) is 4.88. The third kappa shape index (κ3) is 6.92. The highest BCUT2D eigenvalue weighted by atomic mass is 16.5. The van der Waals surface area contributed by atoms with E-state index in [1.54, 1.807) is 0 Å². The Labute approximate surface area is 222 Å². The molecule has 4 rings (SSSR count). The molecule has 0 bridgehead atoms. The molecule has 1 fully saturated rings. The summed E-state index contributed by atoms with van der Waals surface area (Å²) in [7, 11) is 0. The summed E-state index contributed by atoms with van der Waals surface area (Å²) in [4.78, 5) is 30.6. The number of likely N-dealkylation sites (tertiary alicyclic amines) is 1. The van der Waals surface area contributed by atoms with Crippen LogP contribution in [-0.2, 0) is 16.0 Å². The molecule has 6 nitrogen and oxygen atoms in total. The van der Waals surface area contributed by atoms with Crippen molar-refractivity contribution in [2.75, 3.05) is 32.7 Å². The average molecular weight is 506 g/mol. The van der Waals surface area contributed by atoms with Crippen LogP contribution in [0.5, 0.6) is 5.75 Å². The molecule has 0 spiro atoms. The minimum absolute atomic E-state index is 0.0664. The molecule has 2 amide bonds. The molecule has 1 N–H and O–H groups in total. The van der Waals surface area contributed by atoms with Gasteiger partial charge in [0.05, 0.1) is 6.04 Å². The maximum Gasteiger partial charge on any atom is 0.261 e. The molecule has 2 aliphatic heterocycles. The van der Waals surface area contributed by atoms with E-state index >= 15 is 0 Å². The van der Waals surface area contributed by atoms with E-state index in [4.69, 9.17) is 4.74 Å². The van der Waals surface area contributed by atoms with E-state index in [1.807, 2.05) is 17.9 Å². The zero-order chi connectivity index (χ0) is 26.4. The molecule has 2 heterocycles. The lowest BCUT2D eigenvalue weighted by Gasteiger charge is -2.38. The first-order valence-corrected chi connectivity index (χ1v) is 14.0. The van der Waals surface area contributed by atoms with Gasteiger partial charge in [0, 0.05) is 26.1 Å². The van der Waals surface area contributed by atoms with Gasteiger partial charge in [-0.2, -0.15) is 0 Å². The number of carbonyl (C=O) groups excluding carboxylic acids is 2. The first-order chi connectivity index (χ1) is 17.9. The molecule has 0 radical (unpaired) electrons. The number of amides is 2. The second kappa shape index (κ2) is 12.6. The standard InChI is InChI=1S/C31H43N3O3/c1-5-28(31(36)32-15-19-33-16-6-7-17-33)37-26-13-12-24-14-18-34(29(35)20-22(2)3)30(27(24)21-26)25-10-8-23(4)9-11-25/h8-13,21-22,28,30H,5-7,14-20H2,1-4H3,(H,32,36). The molecular formula is C31H43N3O3. The van der Waals surface area contributed by atoms with Crippen LogP contribution in [0.3, 0.4) is 0 Å². The Morgan fingerprint density at radius 3 is 2.46 bits per heavy atom. The molecule has 2 aromatic carbocycles. The number of rotatable bonds is 10. The smallest absolute Gasteiger partial charge is 0.261 e. The highest BCUT2D eigenvalue weighted by molar-refractivity contribution is 5.81. The van der Waals surface area contributed by atoms with E-state index in [1.165, 1.54) is 24.0 Å². The second-order valence-corrected chi connectivity index (χ2v) is 11.0. The quantitative estimate of drug-likeness (QED) is 0.500. The number of carbonyl (C=O) groups is 2. The van der Waals surface area contributed by atoms with E-state index < -0.39 is 6.10 Å². The molecule has 2 aromatic rings. The van der Waals surface area contributed by atoms with Crippen molar-refractivity contribution in [1.29, 1.82) is 0 Å². The molecule has 2 atom stereocenters. The number of benzene rings is 2. The topological polar surface area (TPSA) is 61.9 Å². The monoisotopic (exact) mass is 505 g/mol. The third-order valence-electron chi connectivity index (χ3n) is 7.51. The molecule has 0 aromatic heterocycles. The minimum atomic E-state index is -0.545. The Kier molecular flexibility index (Phi) is 9.25. The van der Waals surface area contributed by atoms with Gasteiger partial charge in [-0.15, -0.1) is 0 Å². The number of hydrogen-bond donors (Lipinski definition) is 1. The van der Waals surface area contributed by atoms with Crippen molar-refractivity contribution in [3.8, 4) is 5.75 Å². The Balaban J connectivity index is 1.53. The zero-order valence-electron chi connectivity index (χ0n) is 23.0. The van der Waals surface area contributed by atoms with Crippen LogP contribution in [0.1, 0.15) is 74.8 Å². The van der Waals surface area contributed by atoms with Crippen molar-refractivity contribution in [1.82, 2.24) is 15.1 Å². The van der Waals surface area contributed by atoms with Gasteiger partial charge in [0.2, 0.25) is 5.91 Å². The molecule has 1 saturated heterocycles. The van der Waals surface area contributed by atoms with Gasteiger partial charge in [0.15, 0.2) is 6.10 Å². The molecule has 6 heteroatoms. The molecule has 0 aliphatic carbocycles. The van der Waals surface area contributed by atoms with Gasteiger partial charge in [0.1, 0.15) is 5.75 Å². The maximum atomic E-state index is 13.3. The third-order valence-corrected chi connectivity index (χ3v) is 7.51. The van der Waals surface area contributed by atoms with Crippen LogP contribution in [-0.4, -0.2) is 60.4 Å². The number of ether oxygens (including phenoxy) is 1. The van der Waals surface area contributed by atoms with Crippen LogP contribution < -0.4 is 10.1 Å². The highest BCUT2D eigenvalue weighted by Crippen LogP contribution is 2.38. The van der Waals surface area contributed by atoms with E-state index in [0.717, 1.165) is 37.2 Å². The molecule has 37 heavy (non-hydrogen) atoms. The predicted molar refractivity (Wildman–Crippen MR) is 148 cm³/mol. The summed E-state index contributed by atoms with van der Waals surface area (Å²) in [5, 5.41) is 3.06. The lowest BCUT2D eigenvalue weighted by atomic mass is 9.87. The summed E-state index contributed by atoms with van der Waals surface area (Å²) in [6.07, 6.45) is 3.89. The van der Waals surface area contributed by atoms with Crippen LogP contribution in [0.2, 0.25) is 0 Å². The molecule has 2 unspecified atom stereocenters. The van der Waals surface area contributed by atoms with Gasteiger partial charge >= 0.3 is 0 Å². The highest BCUT2D eigenvalue weighted by Gasteiger charge is 2.33. The summed E-state index contributed by atoms with van der Waals surface area (Å²) in [5.41, 5.74) is 4.62. The largest absolute Gasteiger partial charge is 0.481 e. The van der Waals surface area contributed by atoms with Crippen LogP contribution in [0.4, 0.5) is 0 Å². The van der Waals surface area contributed by atoms with Gasteiger partial charge < -0.3 is 19.9 Å². The van der Waals surface area contributed by atoms with Crippen molar-refractivity contribution in [3.05, 3.63) is 64.7 Å². The fourth-order valence-corrected chi connectivity index (χ4v) is 5.45. The number of hydrogen-bond acceptors (Lipinski definition) is 4. The van der Waals surface area contributed by atoms with Gasteiger partial charge in [-0.25, -0.2) is 0 Å². The van der Waals surface area contributed by atoms with Crippen molar-refractivity contribution < 1.29 is 14.3 Å². The summed E-state index contributed by atoms with van der Waals surface area (Å²) in [6, 6.07) is 14.4. The lowest BCUT2D eigenvalue weighted by molar-refractivity contribution is -0.134. The maximum absolute atomic E-state index is 13.3.